The van der Waals surface area contributed by atoms with E-state index >= 15 is 0 Å². The Labute approximate surface area is 107 Å². The highest BCUT2D eigenvalue weighted by molar-refractivity contribution is 4.94. The van der Waals surface area contributed by atoms with E-state index in [0.29, 0.717) is 0 Å². The fourth-order valence-electron chi connectivity index (χ4n) is 3.11. The molecule has 0 amide bonds. The van der Waals surface area contributed by atoms with Crippen LogP contribution in [0.5, 0.6) is 0 Å². The fraction of sp³-hybridized carbons (Fsp3) is 1.00. The SMILES string of the molecule is CCOCCCN(C)C1(CN)CCCC(C)C1. The van der Waals surface area contributed by atoms with E-state index in [-0.39, 0.29) is 5.54 Å². The molecule has 0 radical (unpaired) electrons. The van der Waals surface area contributed by atoms with Crippen LogP contribution >= 0.6 is 0 Å². The molecule has 3 heteroatoms. The number of nitrogens with zero attached hydrogens (tertiary/aromatic N) is 1. The first kappa shape index (κ1) is 14.9. The number of ether oxygens (including phenoxy) is 1. The number of rotatable bonds is 7. The quantitative estimate of drug-likeness (QED) is 0.696. The molecule has 0 aromatic rings. The van der Waals surface area contributed by atoms with E-state index in [0.717, 1.165) is 38.6 Å². The zero-order chi connectivity index (χ0) is 12.7. The summed E-state index contributed by atoms with van der Waals surface area (Å²) in [4.78, 5) is 2.49. The summed E-state index contributed by atoms with van der Waals surface area (Å²) >= 11 is 0. The molecule has 0 spiro atoms. The highest BCUT2D eigenvalue weighted by Crippen LogP contribution is 2.35. The van der Waals surface area contributed by atoms with Gasteiger partial charge in [-0.05, 0) is 39.2 Å². The van der Waals surface area contributed by atoms with Crippen LogP contribution in [0.4, 0.5) is 0 Å². The minimum absolute atomic E-state index is 0.254. The van der Waals surface area contributed by atoms with Crippen molar-refractivity contribution >= 4 is 0 Å². The largest absolute Gasteiger partial charge is 0.382 e. The van der Waals surface area contributed by atoms with Crippen LogP contribution in [0.2, 0.25) is 0 Å². The third-order valence-electron chi connectivity index (χ3n) is 4.24. The summed E-state index contributed by atoms with van der Waals surface area (Å²) in [5, 5.41) is 0. The van der Waals surface area contributed by atoms with Crippen LogP contribution in [0.3, 0.4) is 0 Å². The van der Waals surface area contributed by atoms with Crippen LogP contribution in [0.1, 0.15) is 46.0 Å². The third kappa shape index (κ3) is 4.23. The molecule has 0 heterocycles. The lowest BCUT2D eigenvalue weighted by molar-refractivity contribution is 0.0505. The fourth-order valence-corrected chi connectivity index (χ4v) is 3.11. The zero-order valence-corrected chi connectivity index (χ0v) is 11.9. The van der Waals surface area contributed by atoms with Crippen molar-refractivity contribution in [2.24, 2.45) is 11.7 Å². The molecule has 3 nitrogen and oxygen atoms in total. The van der Waals surface area contributed by atoms with Crippen molar-refractivity contribution in [1.29, 1.82) is 0 Å². The van der Waals surface area contributed by atoms with Gasteiger partial charge in [-0.3, -0.25) is 4.90 Å². The highest BCUT2D eigenvalue weighted by atomic mass is 16.5. The predicted molar refractivity (Wildman–Crippen MR) is 73.2 cm³/mol. The van der Waals surface area contributed by atoms with Crippen LogP contribution < -0.4 is 5.73 Å². The Morgan fingerprint density at radius 1 is 1.47 bits per heavy atom. The zero-order valence-electron chi connectivity index (χ0n) is 11.9. The average Bonchev–Trinajstić information content (AvgIpc) is 2.34. The second kappa shape index (κ2) is 7.34. The van der Waals surface area contributed by atoms with Gasteiger partial charge in [0.2, 0.25) is 0 Å². The molecule has 2 N–H and O–H groups in total. The van der Waals surface area contributed by atoms with Gasteiger partial charge in [-0.1, -0.05) is 19.8 Å². The Bertz CT molecular complexity index is 210. The van der Waals surface area contributed by atoms with Gasteiger partial charge >= 0.3 is 0 Å². The van der Waals surface area contributed by atoms with Crippen LogP contribution in [-0.2, 0) is 4.74 Å². The van der Waals surface area contributed by atoms with Gasteiger partial charge in [0, 0.05) is 31.8 Å². The topological polar surface area (TPSA) is 38.5 Å². The molecule has 17 heavy (non-hydrogen) atoms. The second-order valence-electron chi connectivity index (χ2n) is 5.60. The predicted octanol–water partition coefficient (Wildman–Crippen LogP) is 2.25. The van der Waals surface area contributed by atoms with Crippen molar-refractivity contribution in [3.05, 3.63) is 0 Å². The number of likely N-dealkylation sites (N-methyl/N-ethyl adjacent to an activating group) is 1. The summed E-state index contributed by atoms with van der Waals surface area (Å²) in [5.74, 6) is 0.821. The van der Waals surface area contributed by atoms with Crippen molar-refractivity contribution in [2.75, 3.05) is 33.4 Å². The molecule has 0 aliphatic heterocycles. The molecule has 1 aliphatic rings. The summed E-state index contributed by atoms with van der Waals surface area (Å²) in [6.45, 7) is 8.00. The van der Waals surface area contributed by atoms with Gasteiger partial charge in [0.25, 0.3) is 0 Å². The molecular weight excluding hydrogens is 212 g/mol. The molecule has 102 valence electrons. The molecule has 0 aromatic heterocycles. The summed E-state index contributed by atoms with van der Waals surface area (Å²) in [7, 11) is 2.23. The maximum atomic E-state index is 6.06. The van der Waals surface area contributed by atoms with E-state index in [9.17, 15) is 0 Å². The van der Waals surface area contributed by atoms with Crippen molar-refractivity contribution in [2.45, 2.75) is 51.5 Å². The first-order valence-electron chi connectivity index (χ1n) is 7.13. The summed E-state index contributed by atoms with van der Waals surface area (Å²) in [6, 6.07) is 0. The first-order chi connectivity index (χ1) is 8.14. The Hall–Kier alpha value is -0.120. The number of hydrogen-bond acceptors (Lipinski definition) is 3. The molecule has 1 rings (SSSR count). The Morgan fingerprint density at radius 3 is 2.82 bits per heavy atom. The first-order valence-corrected chi connectivity index (χ1v) is 7.13. The van der Waals surface area contributed by atoms with Crippen LogP contribution in [0.15, 0.2) is 0 Å². The molecule has 1 aliphatic carbocycles. The summed E-state index contributed by atoms with van der Waals surface area (Å²) < 4.78 is 5.40. The molecule has 2 atom stereocenters. The molecule has 2 unspecified atom stereocenters. The van der Waals surface area contributed by atoms with E-state index in [1.807, 2.05) is 6.92 Å². The Balaban J connectivity index is 2.41. The lowest BCUT2D eigenvalue weighted by Crippen LogP contribution is -2.54. The van der Waals surface area contributed by atoms with Gasteiger partial charge in [0.15, 0.2) is 0 Å². The lowest BCUT2D eigenvalue weighted by Gasteiger charge is -2.46. The standard InChI is InChI=1S/C14H30N2O/c1-4-17-10-6-9-16(3)14(12-15)8-5-7-13(2)11-14/h13H,4-12,15H2,1-3H3. The normalized spacial score (nSPS) is 29.8. The van der Waals surface area contributed by atoms with E-state index in [1.165, 1.54) is 25.7 Å². The van der Waals surface area contributed by atoms with Crippen LogP contribution in [0, 0.1) is 5.92 Å². The molecule has 0 saturated heterocycles. The van der Waals surface area contributed by atoms with Crippen molar-refractivity contribution in [3.63, 3.8) is 0 Å². The minimum Gasteiger partial charge on any atom is -0.382 e. The number of nitrogens with two attached hydrogens (primary N) is 1. The monoisotopic (exact) mass is 242 g/mol. The van der Waals surface area contributed by atoms with E-state index < -0.39 is 0 Å². The molecule has 0 bridgehead atoms. The minimum atomic E-state index is 0.254. The maximum Gasteiger partial charge on any atom is 0.0478 e. The van der Waals surface area contributed by atoms with Gasteiger partial charge in [0.1, 0.15) is 0 Å². The Morgan fingerprint density at radius 2 is 2.24 bits per heavy atom. The smallest absolute Gasteiger partial charge is 0.0478 e. The van der Waals surface area contributed by atoms with Gasteiger partial charge < -0.3 is 10.5 Å². The van der Waals surface area contributed by atoms with Crippen LogP contribution in [0.25, 0.3) is 0 Å². The molecule has 1 fully saturated rings. The highest BCUT2D eigenvalue weighted by Gasteiger charge is 2.36. The van der Waals surface area contributed by atoms with E-state index in [2.05, 4.69) is 18.9 Å². The van der Waals surface area contributed by atoms with Gasteiger partial charge in [-0.25, -0.2) is 0 Å². The Kier molecular flexibility index (Phi) is 6.45. The van der Waals surface area contributed by atoms with Crippen molar-refractivity contribution in [3.8, 4) is 0 Å². The lowest BCUT2D eigenvalue weighted by atomic mass is 9.75. The molecule has 1 saturated carbocycles. The summed E-state index contributed by atoms with van der Waals surface area (Å²) in [5.41, 5.74) is 6.31. The number of hydrogen-bond donors (Lipinski definition) is 1. The van der Waals surface area contributed by atoms with E-state index in [1.54, 1.807) is 0 Å². The van der Waals surface area contributed by atoms with Crippen molar-refractivity contribution < 1.29 is 4.74 Å². The average molecular weight is 242 g/mol. The maximum absolute atomic E-state index is 6.06. The second-order valence-corrected chi connectivity index (χ2v) is 5.60. The van der Waals surface area contributed by atoms with Crippen molar-refractivity contribution in [1.82, 2.24) is 4.90 Å². The molecular formula is C14H30N2O. The summed E-state index contributed by atoms with van der Waals surface area (Å²) in [6.07, 6.45) is 6.33. The van der Waals surface area contributed by atoms with Gasteiger partial charge in [-0.2, -0.15) is 0 Å². The van der Waals surface area contributed by atoms with Gasteiger partial charge in [-0.15, -0.1) is 0 Å². The van der Waals surface area contributed by atoms with E-state index in [4.69, 9.17) is 10.5 Å². The van der Waals surface area contributed by atoms with Gasteiger partial charge in [0.05, 0.1) is 0 Å². The molecule has 0 aromatic carbocycles. The third-order valence-corrected chi connectivity index (χ3v) is 4.24. The van der Waals surface area contributed by atoms with Crippen LogP contribution in [-0.4, -0.2) is 43.8 Å².